The van der Waals surface area contributed by atoms with Crippen molar-refractivity contribution in [1.82, 2.24) is 9.97 Å². The minimum atomic E-state index is 0.728. The summed E-state index contributed by atoms with van der Waals surface area (Å²) in [5.41, 5.74) is 1.11. The Kier molecular flexibility index (Phi) is 7.30. The second-order valence-corrected chi connectivity index (χ2v) is 4.60. The van der Waals surface area contributed by atoms with E-state index in [1.807, 2.05) is 6.92 Å². The fourth-order valence-corrected chi connectivity index (χ4v) is 2.09. The van der Waals surface area contributed by atoms with E-state index in [2.05, 4.69) is 42.9 Å². The summed E-state index contributed by atoms with van der Waals surface area (Å²) in [5, 5.41) is 3.33. The molecule has 1 aromatic heterocycles. The zero-order valence-electron chi connectivity index (χ0n) is 13.5. The van der Waals surface area contributed by atoms with Crippen LogP contribution in [0.25, 0.3) is 0 Å². The number of hydrogen-bond donors (Lipinski definition) is 1. The summed E-state index contributed by atoms with van der Waals surface area (Å²) in [7, 11) is 0. The number of aromatic nitrogens is 2. The van der Waals surface area contributed by atoms with Crippen LogP contribution in [0.15, 0.2) is 0 Å². The second kappa shape index (κ2) is 8.74. The Morgan fingerprint density at radius 1 is 1.15 bits per heavy atom. The molecule has 0 amide bonds. The van der Waals surface area contributed by atoms with E-state index in [0.29, 0.717) is 0 Å². The van der Waals surface area contributed by atoms with Crippen molar-refractivity contribution < 1.29 is 4.74 Å². The molecule has 0 unspecified atom stereocenters. The fraction of sp³-hybridized carbons (Fsp3) is 0.733. The van der Waals surface area contributed by atoms with Gasteiger partial charge in [0.15, 0.2) is 0 Å². The lowest BCUT2D eigenvalue weighted by molar-refractivity contribution is 0.154. The number of hydrogen-bond acceptors (Lipinski definition) is 5. The van der Waals surface area contributed by atoms with Gasteiger partial charge in [-0.1, -0.05) is 6.92 Å². The summed E-state index contributed by atoms with van der Waals surface area (Å²) in [6, 6.07) is 0. The van der Waals surface area contributed by atoms with Crippen molar-refractivity contribution in [3.63, 3.8) is 0 Å². The third-order valence-electron chi connectivity index (χ3n) is 3.22. The highest BCUT2D eigenvalue weighted by molar-refractivity contribution is 5.58. The molecule has 0 aliphatic rings. The highest BCUT2D eigenvalue weighted by Crippen LogP contribution is 2.23. The molecule has 1 heterocycles. The van der Waals surface area contributed by atoms with E-state index in [9.17, 15) is 0 Å². The van der Waals surface area contributed by atoms with E-state index in [4.69, 9.17) is 9.72 Å². The Bertz CT molecular complexity index is 409. The van der Waals surface area contributed by atoms with Crippen molar-refractivity contribution >= 4 is 11.6 Å². The van der Waals surface area contributed by atoms with Gasteiger partial charge in [0.1, 0.15) is 17.5 Å². The summed E-state index contributed by atoms with van der Waals surface area (Å²) in [6.45, 7) is 14.5. The minimum Gasteiger partial charge on any atom is -0.380 e. The largest absolute Gasteiger partial charge is 0.380 e. The SMILES string of the molecule is CCNc1nc(CC)nc(N(CC)CCOCC)c1C. The zero-order chi connectivity index (χ0) is 15.0. The van der Waals surface area contributed by atoms with E-state index in [-0.39, 0.29) is 0 Å². The Balaban J connectivity index is 3.02. The molecule has 0 saturated heterocycles. The summed E-state index contributed by atoms with van der Waals surface area (Å²) in [6.07, 6.45) is 0.842. The lowest BCUT2D eigenvalue weighted by Gasteiger charge is -2.25. The first-order valence-electron chi connectivity index (χ1n) is 7.61. The van der Waals surface area contributed by atoms with Crippen molar-refractivity contribution in [2.45, 2.75) is 41.0 Å². The van der Waals surface area contributed by atoms with Crippen LogP contribution < -0.4 is 10.2 Å². The number of ether oxygens (including phenoxy) is 1. The molecular weight excluding hydrogens is 252 g/mol. The van der Waals surface area contributed by atoms with Crippen LogP contribution in [0.3, 0.4) is 0 Å². The van der Waals surface area contributed by atoms with Gasteiger partial charge in [0, 0.05) is 38.2 Å². The van der Waals surface area contributed by atoms with Crippen molar-refractivity contribution in [2.24, 2.45) is 0 Å². The smallest absolute Gasteiger partial charge is 0.137 e. The number of nitrogens with zero attached hydrogens (tertiary/aromatic N) is 3. The molecule has 1 aromatic rings. The van der Waals surface area contributed by atoms with E-state index < -0.39 is 0 Å². The molecule has 0 aliphatic heterocycles. The van der Waals surface area contributed by atoms with E-state index in [0.717, 1.165) is 62.3 Å². The lowest BCUT2D eigenvalue weighted by atomic mass is 10.2. The molecule has 0 radical (unpaired) electrons. The van der Waals surface area contributed by atoms with Crippen LogP contribution >= 0.6 is 0 Å². The van der Waals surface area contributed by atoms with Gasteiger partial charge < -0.3 is 15.0 Å². The molecule has 5 nitrogen and oxygen atoms in total. The first-order chi connectivity index (χ1) is 9.67. The number of rotatable bonds is 9. The molecule has 0 fully saturated rings. The number of aryl methyl sites for hydroxylation is 1. The normalized spacial score (nSPS) is 10.7. The van der Waals surface area contributed by atoms with Crippen LogP contribution in [-0.4, -0.2) is 42.8 Å². The maximum absolute atomic E-state index is 5.46. The number of nitrogens with one attached hydrogen (secondary N) is 1. The topological polar surface area (TPSA) is 50.3 Å². The average Bonchev–Trinajstić information content (AvgIpc) is 2.46. The highest BCUT2D eigenvalue weighted by Gasteiger charge is 2.14. The average molecular weight is 280 g/mol. The van der Waals surface area contributed by atoms with Crippen LogP contribution in [0, 0.1) is 6.92 Å². The van der Waals surface area contributed by atoms with E-state index in [1.165, 1.54) is 0 Å². The molecule has 0 bridgehead atoms. The molecule has 0 atom stereocenters. The quantitative estimate of drug-likeness (QED) is 0.705. The molecule has 1 N–H and O–H groups in total. The molecule has 5 heteroatoms. The summed E-state index contributed by atoms with van der Waals surface area (Å²) in [5.74, 6) is 2.86. The van der Waals surface area contributed by atoms with Crippen molar-refractivity contribution in [1.29, 1.82) is 0 Å². The Morgan fingerprint density at radius 2 is 1.90 bits per heavy atom. The number of likely N-dealkylation sites (N-methyl/N-ethyl adjacent to an activating group) is 1. The molecule has 0 saturated carbocycles. The van der Waals surface area contributed by atoms with Gasteiger partial charge in [0.25, 0.3) is 0 Å². The van der Waals surface area contributed by atoms with Gasteiger partial charge in [-0.05, 0) is 27.7 Å². The summed E-state index contributed by atoms with van der Waals surface area (Å²) < 4.78 is 5.46. The van der Waals surface area contributed by atoms with Gasteiger partial charge in [0.2, 0.25) is 0 Å². The van der Waals surface area contributed by atoms with Crippen LogP contribution in [0.2, 0.25) is 0 Å². The third-order valence-corrected chi connectivity index (χ3v) is 3.22. The maximum atomic E-state index is 5.46. The standard InChI is InChI=1S/C15H28N4O/c1-6-13-17-14(16-7-2)12(5)15(18-13)19(8-3)10-11-20-9-4/h6-11H2,1-5H3,(H,16,17,18). The van der Waals surface area contributed by atoms with Crippen LogP contribution in [-0.2, 0) is 11.2 Å². The van der Waals surface area contributed by atoms with Gasteiger partial charge in [-0.2, -0.15) is 0 Å². The summed E-state index contributed by atoms with van der Waals surface area (Å²) >= 11 is 0. The van der Waals surface area contributed by atoms with Gasteiger partial charge >= 0.3 is 0 Å². The predicted molar refractivity (Wildman–Crippen MR) is 84.7 cm³/mol. The third kappa shape index (κ3) is 4.34. The first-order valence-corrected chi connectivity index (χ1v) is 7.61. The molecular formula is C15H28N4O. The van der Waals surface area contributed by atoms with Crippen LogP contribution in [0.1, 0.15) is 39.1 Å². The molecule has 0 aliphatic carbocycles. The molecule has 20 heavy (non-hydrogen) atoms. The highest BCUT2D eigenvalue weighted by atomic mass is 16.5. The number of anilines is 2. The van der Waals surface area contributed by atoms with Gasteiger partial charge in [-0.15, -0.1) is 0 Å². The Morgan fingerprint density at radius 3 is 2.45 bits per heavy atom. The minimum absolute atomic E-state index is 0.728. The van der Waals surface area contributed by atoms with E-state index >= 15 is 0 Å². The van der Waals surface area contributed by atoms with Gasteiger partial charge in [-0.3, -0.25) is 0 Å². The summed E-state index contributed by atoms with van der Waals surface area (Å²) in [4.78, 5) is 11.5. The van der Waals surface area contributed by atoms with Gasteiger partial charge in [-0.25, -0.2) is 9.97 Å². The van der Waals surface area contributed by atoms with Crippen molar-refractivity contribution in [3.05, 3.63) is 11.4 Å². The molecule has 114 valence electrons. The van der Waals surface area contributed by atoms with Crippen molar-refractivity contribution in [2.75, 3.05) is 43.1 Å². The molecule has 1 rings (SSSR count). The zero-order valence-corrected chi connectivity index (χ0v) is 13.5. The molecule has 0 aromatic carbocycles. The Labute approximate surface area is 122 Å². The molecule has 0 spiro atoms. The fourth-order valence-electron chi connectivity index (χ4n) is 2.09. The van der Waals surface area contributed by atoms with Gasteiger partial charge in [0.05, 0.1) is 6.61 Å². The monoisotopic (exact) mass is 280 g/mol. The maximum Gasteiger partial charge on any atom is 0.137 e. The van der Waals surface area contributed by atoms with Crippen molar-refractivity contribution in [3.8, 4) is 0 Å². The lowest BCUT2D eigenvalue weighted by Crippen LogP contribution is -2.29. The second-order valence-electron chi connectivity index (χ2n) is 4.60. The predicted octanol–water partition coefficient (Wildman–Crippen LogP) is 2.64. The van der Waals surface area contributed by atoms with Crippen LogP contribution in [0.5, 0.6) is 0 Å². The first kappa shape index (κ1) is 16.7. The van der Waals surface area contributed by atoms with E-state index in [1.54, 1.807) is 0 Å². The van der Waals surface area contributed by atoms with Crippen LogP contribution in [0.4, 0.5) is 11.6 Å². The Hall–Kier alpha value is -1.36.